The van der Waals surface area contributed by atoms with Gasteiger partial charge in [-0.05, 0) is 36.5 Å². The first-order valence-electron chi connectivity index (χ1n) is 11.7. The number of aromatic nitrogens is 5. The average Bonchev–Trinajstić information content (AvgIpc) is 3.39. The van der Waals surface area contributed by atoms with Crippen molar-refractivity contribution in [3.8, 4) is 28.3 Å². The van der Waals surface area contributed by atoms with Crippen molar-refractivity contribution in [3.05, 3.63) is 64.3 Å². The molecule has 0 fully saturated rings. The predicted octanol–water partition coefficient (Wildman–Crippen LogP) is 4.04. The topological polar surface area (TPSA) is 99.2 Å². The Morgan fingerprint density at radius 3 is 2.87 bits per heavy atom. The van der Waals surface area contributed by atoms with Crippen molar-refractivity contribution in [3.63, 3.8) is 0 Å². The first-order valence-corrected chi connectivity index (χ1v) is 12.9. The van der Waals surface area contributed by atoms with E-state index in [-0.39, 0.29) is 11.9 Å². The van der Waals surface area contributed by atoms with Crippen LogP contribution in [0.5, 0.6) is 5.75 Å². The van der Waals surface area contributed by atoms with Crippen LogP contribution in [0.4, 0.5) is 10.2 Å². The van der Waals surface area contributed by atoms with E-state index in [0.717, 1.165) is 5.56 Å². The zero-order chi connectivity index (χ0) is 27.2. The molecular formula is C24H23B2ClFN6O3P. The van der Waals surface area contributed by atoms with Crippen LogP contribution in [0.15, 0.2) is 36.7 Å². The molecule has 0 spiro atoms. The van der Waals surface area contributed by atoms with Gasteiger partial charge in [-0.2, -0.15) is 10.2 Å². The number of ether oxygens (including phenoxy) is 1. The number of nitrogens with one attached hydrogen (secondary N) is 1. The molecule has 9 nitrogen and oxygen atoms in total. The molecule has 0 saturated heterocycles. The van der Waals surface area contributed by atoms with E-state index in [1.807, 2.05) is 20.2 Å². The second-order valence-electron chi connectivity index (χ2n) is 9.23. The Balaban J connectivity index is 1.79. The van der Waals surface area contributed by atoms with Crippen LogP contribution < -0.4 is 10.1 Å². The molecule has 4 radical (unpaired) electrons. The lowest BCUT2D eigenvalue weighted by Gasteiger charge is -2.25. The number of hydrogen-bond donors (Lipinski definition) is 2. The highest BCUT2D eigenvalue weighted by Gasteiger charge is 2.29. The van der Waals surface area contributed by atoms with Crippen molar-refractivity contribution >= 4 is 42.1 Å². The van der Waals surface area contributed by atoms with Crippen molar-refractivity contribution in [1.29, 1.82) is 0 Å². The molecule has 2 N–H and O–H groups in total. The van der Waals surface area contributed by atoms with Gasteiger partial charge in [0.05, 0.1) is 27.1 Å². The molecule has 0 amide bonds. The summed E-state index contributed by atoms with van der Waals surface area (Å²) in [5.41, 5.74) is 4.67. The van der Waals surface area contributed by atoms with E-state index in [0.29, 0.717) is 51.6 Å². The highest BCUT2D eigenvalue weighted by atomic mass is 35.5. The van der Waals surface area contributed by atoms with E-state index in [2.05, 4.69) is 15.4 Å². The van der Waals surface area contributed by atoms with E-state index in [1.165, 1.54) is 16.8 Å². The fourth-order valence-electron chi connectivity index (χ4n) is 4.58. The normalized spacial score (nSPS) is 15.3. The third kappa shape index (κ3) is 5.06. The maximum atomic E-state index is 14.5. The van der Waals surface area contributed by atoms with Crippen molar-refractivity contribution in [2.75, 3.05) is 12.0 Å². The van der Waals surface area contributed by atoms with Gasteiger partial charge in [0.1, 0.15) is 18.7 Å². The van der Waals surface area contributed by atoms with Crippen LogP contribution in [0.3, 0.4) is 0 Å². The van der Waals surface area contributed by atoms with E-state index in [9.17, 15) is 4.39 Å². The number of hydrogen-bond acceptors (Lipinski definition) is 7. The first kappa shape index (κ1) is 26.7. The predicted molar refractivity (Wildman–Crippen MR) is 146 cm³/mol. The summed E-state index contributed by atoms with van der Waals surface area (Å²) in [4.78, 5) is 13.6. The van der Waals surface area contributed by atoms with Gasteiger partial charge in [0.15, 0.2) is 25.8 Å². The third-order valence-electron chi connectivity index (χ3n) is 6.18. The molecule has 2 atom stereocenters. The Morgan fingerprint density at radius 2 is 2.13 bits per heavy atom. The van der Waals surface area contributed by atoms with Gasteiger partial charge in [0.25, 0.3) is 0 Å². The maximum Gasteiger partial charge on any atom is 0.170 e. The molecular weight excluding hydrogens is 527 g/mol. The van der Waals surface area contributed by atoms with Crippen molar-refractivity contribution in [1.82, 2.24) is 24.5 Å². The number of halogens is 2. The van der Waals surface area contributed by atoms with Crippen LogP contribution in [-0.4, -0.2) is 51.9 Å². The Kier molecular flexibility index (Phi) is 7.26. The number of anilines is 1. The second kappa shape index (κ2) is 10.3. The van der Waals surface area contributed by atoms with Crippen molar-refractivity contribution in [2.24, 2.45) is 7.05 Å². The molecule has 192 valence electrons. The fourth-order valence-corrected chi connectivity index (χ4v) is 4.95. The molecule has 2 bridgehead atoms. The standard InChI is InChI=1S/C24H23B2ClFN6O3P/c1-12-17-8-15(28)4-5-16(17)20-14(10-33(3)31-20)6-18-21(34(24(2,25)26)32-22(18)27)13-7-19(37-12)23(29-9-13)30-11-36-38-35/h4-5,7-10,12,35,38H,6,11H2,1-3H3,(H,29,30)/t12-/m1/s1. The molecule has 5 rings (SSSR count). The van der Waals surface area contributed by atoms with Gasteiger partial charge in [-0.3, -0.25) is 9.36 Å². The average molecular weight is 551 g/mol. The summed E-state index contributed by atoms with van der Waals surface area (Å²) < 4.78 is 29.0. The van der Waals surface area contributed by atoms with Gasteiger partial charge in [-0.1, -0.05) is 18.5 Å². The Bertz CT molecular complexity index is 1510. The van der Waals surface area contributed by atoms with Crippen LogP contribution >= 0.6 is 20.6 Å². The van der Waals surface area contributed by atoms with Gasteiger partial charge in [0.2, 0.25) is 0 Å². The van der Waals surface area contributed by atoms with Gasteiger partial charge < -0.3 is 19.5 Å². The second-order valence-corrected chi connectivity index (χ2v) is 10.1. The van der Waals surface area contributed by atoms with Crippen LogP contribution in [-0.2, 0) is 23.3 Å². The third-order valence-corrected chi connectivity index (χ3v) is 6.75. The summed E-state index contributed by atoms with van der Waals surface area (Å²) in [6.07, 6.45) is 3.25. The van der Waals surface area contributed by atoms with Crippen molar-refractivity contribution < 1.29 is 18.5 Å². The smallest absolute Gasteiger partial charge is 0.170 e. The van der Waals surface area contributed by atoms with Crippen LogP contribution in [0, 0.1) is 5.82 Å². The quantitative estimate of drug-likeness (QED) is 0.168. The minimum Gasteiger partial charge on any atom is -0.482 e. The number of pyridine rings is 1. The summed E-state index contributed by atoms with van der Waals surface area (Å²) in [5, 5.41) is 11.0. The summed E-state index contributed by atoms with van der Waals surface area (Å²) >= 11 is 6.68. The monoisotopic (exact) mass is 550 g/mol. The minimum atomic E-state index is -1.38. The van der Waals surface area contributed by atoms with Crippen molar-refractivity contribution in [2.45, 2.75) is 31.7 Å². The molecule has 4 heterocycles. The molecule has 0 saturated carbocycles. The summed E-state index contributed by atoms with van der Waals surface area (Å²) in [6, 6.07) is 6.28. The highest BCUT2D eigenvalue weighted by Crippen LogP contribution is 2.41. The van der Waals surface area contributed by atoms with Gasteiger partial charge >= 0.3 is 0 Å². The Morgan fingerprint density at radius 1 is 1.34 bits per heavy atom. The van der Waals surface area contributed by atoms with Gasteiger partial charge in [-0.15, -0.1) is 0 Å². The zero-order valence-electron chi connectivity index (χ0n) is 20.9. The lowest BCUT2D eigenvalue weighted by atomic mass is 9.63. The molecule has 1 aliphatic heterocycles. The molecule has 1 aliphatic rings. The largest absolute Gasteiger partial charge is 0.482 e. The van der Waals surface area contributed by atoms with E-state index in [1.54, 1.807) is 29.9 Å². The number of aryl methyl sites for hydroxylation is 1. The lowest BCUT2D eigenvalue weighted by Crippen LogP contribution is -2.32. The summed E-state index contributed by atoms with van der Waals surface area (Å²) in [6.45, 7) is 3.42. The molecule has 1 unspecified atom stereocenters. The van der Waals surface area contributed by atoms with Crippen LogP contribution in [0.2, 0.25) is 5.15 Å². The fraction of sp³-hybridized carbons (Fsp3) is 0.292. The Hall–Kier alpha value is -2.91. The number of fused-ring (bicyclic) bond motifs is 7. The highest BCUT2D eigenvalue weighted by molar-refractivity contribution is 7.24. The molecule has 1 aromatic carbocycles. The minimum absolute atomic E-state index is 0.00672. The molecule has 38 heavy (non-hydrogen) atoms. The molecule has 0 aliphatic carbocycles. The summed E-state index contributed by atoms with van der Waals surface area (Å²) in [5.74, 6) is 0.306. The SMILES string of the molecule is [B]C([B])(C)n1nc(Cl)c2c1-c1cnc(NCOPO)c(c1)O[C@H](C)c1cc(F)ccc1-c1nn(C)cc1C2. The first-order chi connectivity index (χ1) is 18.1. The lowest BCUT2D eigenvalue weighted by molar-refractivity contribution is 0.227. The molecule has 14 heteroatoms. The van der Waals surface area contributed by atoms with Gasteiger partial charge in [0, 0.05) is 53.7 Å². The number of benzene rings is 1. The molecule has 4 aromatic rings. The van der Waals surface area contributed by atoms with E-state index >= 15 is 0 Å². The number of nitrogens with zero attached hydrogens (tertiary/aromatic N) is 5. The van der Waals surface area contributed by atoms with Crippen LogP contribution in [0.1, 0.15) is 36.6 Å². The van der Waals surface area contributed by atoms with E-state index < -0.39 is 26.3 Å². The molecule has 3 aromatic heterocycles. The van der Waals surface area contributed by atoms with Crippen LogP contribution in [0.25, 0.3) is 22.5 Å². The summed E-state index contributed by atoms with van der Waals surface area (Å²) in [7, 11) is 13.7. The Labute approximate surface area is 228 Å². The number of rotatable bonds is 5. The van der Waals surface area contributed by atoms with Gasteiger partial charge in [-0.25, -0.2) is 9.37 Å². The van der Waals surface area contributed by atoms with E-state index in [4.69, 9.17) is 46.5 Å². The maximum absolute atomic E-state index is 14.5. The zero-order valence-corrected chi connectivity index (χ0v) is 22.6.